The van der Waals surface area contributed by atoms with Gasteiger partial charge in [0.15, 0.2) is 0 Å². The fraction of sp³-hybridized carbons (Fsp3) is 0.417. The van der Waals surface area contributed by atoms with E-state index in [0.29, 0.717) is 30.3 Å². The largest absolute Gasteiger partial charge is 0.324 e. The van der Waals surface area contributed by atoms with Crippen molar-refractivity contribution in [2.24, 2.45) is 0 Å². The number of carbonyl (C=O) groups excluding carboxylic acids is 2. The SMILES string of the molecule is Cc1cccc(CN2CCN(C3CCN(C(=O)Nc4ccc(C)cc4Cl)CC3)C2=O)c1. The van der Waals surface area contributed by atoms with Crippen LogP contribution < -0.4 is 5.32 Å². The van der Waals surface area contributed by atoms with E-state index in [4.69, 9.17) is 11.6 Å². The lowest BCUT2D eigenvalue weighted by Crippen LogP contribution is -2.49. The van der Waals surface area contributed by atoms with Crippen molar-refractivity contribution in [1.82, 2.24) is 14.7 Å². The Morgan fingerprint density at radius 1 is 1.03 bits per heavy atom. The summed E-state index contributed by atoms with van der Waals surface area (Å²) in [6.07, 6.45) is 1.58. The minimum atomic E-state index is -0.141. The van der Waals surface area contributed by atoms with Gasteiger partial charge in [-0.2, -0.15) is 0 Å². The van der Waals surface area contributed by atoms with Gasteiger partial charge in [0.05, 0.1) is 10.7 Å². The fourth-order valence-corrected chi connectivity index (χ4v) is 4.70. The van der Waals surface area contributed by atoms with Crippen molar-refractivity contribution in [3.63, 3.8) is 0 Å². The highest BCUT2D eigenvalue weighted by atomic mass is 35.5. The monoisotopic (exact) mass is 440 g/mol. The number of piperidine rings is 1. The molecule has 2 saturated heterocycles. The Morgan fingerprint density at radius 3 is 2.48 bits per heavy atom. The van der Waals surface area contributed by atoms with Crippen molar-refractivity contribution < 1.29 is 9.59 Å². The Morgan fingerprint density at radius 2 is 1.77 bits per heavy atom. The maximum Gasteiger partial charge on any atom is 0.321 e. The zero-order valence-corrected chi connectivity index (χ0v) is 18.9. The van der Waals surface area contributed by atoms with E-state index in [0.717, 1.165) is 37.1 Å². The van der Waals surface area contributed by atoms with Crippen molar-refractivity contribution in [1.29, 1.82) is 0 Å². The molecule has 7 heteroatoms. The summed E-state index contributed by atoms with van der Waals surface area (Å²) in [7, 11) is 0. The van der Waals surface area contributed by atoms with Crippen molar-refractivity contribution in [2.45, 2.75) is 39.3 Å². The van der Waals surface area contributed by atoms with Gasteiger partial charge in [0, 0.05) is 38.8 Å². The third kappa shape index (κ3) is 4.96. The van der Waals surface area contributed by atoms with E-state index in [1.165, 1.54) is 5.56 Å². The summed E-state index contributed by atoms with van der Waals surface area (Å²) < 4.78 is 0. The van der Waals surface area contributed by atoms with Gasteiger partial charge in [-0.15, -0.1) is 0 Å². The standard InChI is InChI=1S/C24H29ClN4O2/c1-17-4-3-5-19(14-17)16-28-12-13-29(24(28)31)20-8-10-27(11-9-20)23(30)26-22-7-6-18(2)15-21(22)25/h3-7,14-15,20H,8-13,16H2,1-2H3,(H,26,30). The first-order valence-corrected chi connectivity index (χ1v) is 11.2. The van der Waals surface area contributed by atoms with E-state index >= 15 is 0 Å². The maximum absolute atomic E-state index is 13.0. The Hall–Kier alpha value is -2.73. The van der Waals surface area contributed by atoms with E-state index < -0.39 is 0 Å². The first-order chi connectivity index (χ1) is 14.9. The minimum absolute atomic E-state index is 0.107. The summed E-state index contributed by atoms with van der Waals surface area (Å²) >= 11 is 6.24. The number of amides is 4. The summed E-state index contributed by atoms with van der Waals surface area (Å²) in [6, 6.07) is 14.0. The van der Waals surface area contributed by atoms with Crippen molar-refractivity contribution in [2.75, 3.05) is 31.5 Å². The number of hydrogen-bond acceptors (Lipinski definition) is 2. The third-order valence-corrected chi connectivity index (χ3v) is 6.45. The summed E-state index contributed by atoms with van der Waals surface area (Å²) in [5, 5.41) is 3.45. The molecule has 0 saturated carbocycles. The number of halogens is 1. The third-order valence-electron chi connectivity index (χ3n) is 6.14. The molecule has 2 heterocycles. The Labute approximate surface area is 188 Å². The number of nitrogens with zero attached hydrogens (tertiary/aromatic N) is 3. The van der Waals surface area contributed by atoms with Crippen molar-refractivity contribution in [3.05, 3.63) is 64.2 Å². The topological polar surface area (TPSA) is 55.9 Å². The lowest BCUT2D eigenvalue weighted by Gasteiger charge is -2.36. The second-order valence-electron chi connectivity index (χ2n) is 8.52. The van der Waals surface area contributed by atoms with Crippen LogP contribution in [0.1, 0.15) is 29.5 Å². The van der Waals surface area contributed by atoms with Crippen LogP contribution in [0.4, 0.5) is 15.3 Å². The number of anilines is 1. The number of benzene rings is 2. The molecule has 0 unspecified atom stereocenters. The first kappa shape index (κ1) is 21.5. The van der Waals surface area contributed by atoms with Gasteiger partial charge in [0.25, 0.3) is 0 Å². The summed E-state index contributed by atoms with van der Waals surface area (Å²) in [4.78, 5) is 31.3. The minimum Gasteiger partial charge on any atom is -0.324 e. The van der Waals surface area contributed by atoms with Crippen LogP contribution in [0, 0.1) is 13.8 Å². The molecule has 6 nitrogen and oxygen atoms in total. The summed E-state index contributed by atoms with van der Waals surface area (Å²) in [5.74, 6) is 0. The molecular formula is C24H29ClN4O2. The van der Waals surface area contributed by atoms with Gasteiger partial charge in [-0.25, -0.2) is 9.59 Å². The lowest BCUT2D eigenvalue weighted by atomic mass is 10.0. The van der Waals surface area contributed by atoms with Crippen LogP contribution in [0.2, 0.25) is 5.02 Å². The zero-order chi connectivity index (χ0) is 22.0. The van der Waals surface area contributed by atoms with Crippen LogP contribution in [-0.2, 0) is 6.54 Å². The molecule has 2 aromatic carbocycles. The van der Waals surface area contributed by atoms with Crippen LogP contribution in [0.25, 0.3) is 0 Å². The highest BCUT2D eigenvalue weighted by Crippen LogP contribution is 2.25. The number of rotatable bonds is 4. The normalized spacial score (nSPS) is 17.4. The Balaban J connectivity index is 1.29. The predicted octanol–water partition coefficient (Wildman–Crippen LogP) is 4.89. The summed E-state index contributed by atoms with van der Waals surface area (Å²) in [6.45, 7) is 7.43. The molecule has 2 aliphatic rings. The molecular weight excluding hydrogens is 412 g/mol. The molecule has 164 valence electrons. The number of urea groups is 2. The number of hydrogen-bond donors (Lipinski definition) is 1. The molecule has 0 aromatic heterocycles. The highest BCUT2D eigenvalue weighted by Gasteiger charge is 2.36. The first-order valence-electron chi connectivity index (χ1n) is 10.8. The number of nitrogens with one attached hydrogen (secondary N) is 1. The molecule has 31 heavy (non-hydrogen) atoms. The second-order valence-corrected chi connectivity index (χ2v) is 8.93. The van der Waals surface area contributed by atoms with Gasteiger partial charge < -0.3 is 20.0 Å². The summed E-state index contributed by atoms with van der Waals surface area (Å²) in [5.41, 5.74) is 4.05. The maximum atomic E-state index is 13.0. The molecule has 0 aliphatic carbocycles. The molecule has 4 rings (SSSR count). The molecule has 1 N–H and O–H groups in total. The van der Waals surface area contributed by atoms with Gasteiger partial charge in [0.1, 0.15) is 0 Å². The van der Waals surface area contributed by atoms with Gasteiger partial charge in [-0.1, -0.05) is 47.5 Å². The van der Waals surface area contributed by atoms with E-state index in [-0.39, 0.29) is 18.1 Å². The molecule has 0 atom stereocenters. The molecule has 2 fully saturated rings. The fourth-order valence-electron chi connectivity index (χ4n) is 4.41. The van der Waals surface area contributed by atoms with E-state index in [1.54, 1.807) is 4.90 Å². The molecule has 4 amide bonds. The average Bonchev–Trinajstić information content (AvgIpc) is 3.10. The lowest BCUT2D eigenvalue weighted by molar-refractivity contribution is 0.139. The number of carbonyl (C=O) groups is 2. The molecule has 2 aliphatic heterocycles. The second kappa shape index (κ2) is 9.18. The number of likely N-dealkylation sites (tertiary alicyclic amines) is 1. The van der Waals surface area contributed by atoms with Gasteiger partial charge >= 0.3 is 12.1 Å². The van der Waals surface area contributed by atoms with Crippen LogP contribution in [-0.4, -0.2) is 59.0 Å². The average molecular weight is 441 g/mol. The number of aryl methyl sites for hydroxylation is 2. The quantitative estimate of drug-likeness (QED) is 0.735. The zero-order valence-electron chi connectivity index (χ0n) is 18.1. The van der Waals surface area contributed by atoms with Gasteiger partial charge in [-0.3, -0.25) is 0 Å². The van der Waals surface area contributed by atoms with Crippen LogP contribution >= 0.6 is 11.6 Å². The van der Waals surface area contributed by atoms with E-state index in [9.17, 15) is 9.59 Å². The Kier molecular flexibility index (Phi) is 6.37. The molecule has 2 aromatic rings. The van der Waals surface area contributed by atoms with Crippen LogP contribution in [0.15, 0.2) is 42.5 Å². The van der Waals surface area contributed by atoms with Crippen molar-refractivity contribution >= 4 is 29.4 Å². The molecule has 0 spiro atoms. The Bertz CT molecular complexity index is 972. The molecule has 0 bridgehead atoms. The van der Waals surface area contributed by atoms with Gasteiger partial charge in [0.2, 0.25) is 0 Å². The predicted molar refractivity (Wildman–Crippen MR) is 123 cm³/mol. The van der Waals surface area contributed by atoms with Crippen LogP contribution in [0.5, 0.6) is 0 Å². The van der Waals surface area contributed by atoms with Crippen LogP contribution in [0.3, 0.4) is 0 Å². The highest BCUT2D eigenvalue weighted by molar-refractivity contribution is 6.33. The smallest absolute Gasteiger partial charge is 0.321 e. The van der Waals surface area contributed by atoms with E-state index in [1.807, 2.05) is 41.0 Å². The van der Waals surface area contributed by atoms with Crippen molar-refractivity contribution in [3.8, 4) is 0 Å². The van der Waals surface area contributed by atoms with E-state index in [2.05, 4.69) is 30.4 Å². The molecule has 0 radical (unpaired) electrons. The van der Waals surface area contributed by atoms with Gasteiger partial charge in [-0.05, 0) is 49.9 Å².